The molecule has 0 unspecified atom stereocenters. The monoisotopic (exact) mass is 230 g/mol. The Labute approximate surface area is 102 Å². The van der Waals surface area contributed by atoms with Gasteiger partial charge >= 0.3 is 0 Å². The average molecular weight is 230 g/mol. The van der Waals surface area contributed by atoms with Crippen molar-refractivity contribution in [3.63, 3.8) is 0 Å². The first-order valence-corrected chi connectivity index (χ1v) is 5.81. The van der Waals surface area contributed by atoms with Gasteiger partial charge in [0.05, 0.1) is 5.69 Å². The summed E-state index contributed by atoms with van der Waals surface area (Å²) in [4.78, 5) is 8.75. The van der Waals surface area contributed by atoms with Gasteiger partial charge < -0.3 is 9.88 Å². The molecule has 2 aromatic heterocycles. The summed E-state index contributed by atoms with van der Waals surface area (Å²) in [5.74, 6) is 1.11. The highest BCUT2D eigenvalue weighted by atomic mass is 15.1. The summed E-state index contributed by atoms with van der Waals surface area (Å²) in [6, 6.07) is 3.99. The zero-order valence-electron chi connectivity index (χ0n) is 10.6. The second-order valence-corrected chi connectivity index (χ2v) is 4.11. The zero-order chi connectivity index (χ0) is 12.3. The SMILES string of the molecule is CNCCc1nc(-c2ccncc2)c(C)n1C. The Bertz CT molecular complexity index is 488. The van der Waals surface area contributed by atoms with E-state index in [4.69, 9.17) is 4.98 Å². The lowest BCUT2D eigenvalue weighted by Gasteiger charge is -2.02. The van der Waals surface area contributed by atoms with Crippen LogP contribution in [0.4, 0.5) is 0 Å². The third-order valence-electron chi connectivity index (χ3n) is 3.03. The van der Waals surface area contributed by atoms with Crippen LogP contribution in [0.2, 0.25) is 0 Å². The molecule has 17 heavy (non-hydrogen) atoms. The van der Waals surface area contributed by atoms with Crippen LogP contribution < -0.4 is 5.32 Å². The van der Waals surface area contributed by atoms with E-state index in [2.05, 4.69) is 28.8 Å². The van der Waals surface area contributed by atoms with E-state index in [9.17, 15) is 0 Å². The number of pyridine rings is 1. The van der Waals surface area contributed by atoms with Gasteiger partial charge in [-0.05, 0) is 26.1 Å². The van der Waals surface area contributed by atoms with Crippen LogP contribution in [-0.2, 0) is 13.5 Å². The van der Waals surface area contributed by atoms with Gasteiger partial charge in [-0.2, -0.15) is 0 Å². The minimum absolute atomic E-state index is 0.943. The summed E-state index contributed by atoms with van der Waals surface area (Å²) in [6.07, 6.45) is 4.55. The quantitative estimate of drug-likeness (QED) is 0.866. The maximum Gasteiger partial charge on any atom is 0.110 e. The second kappa shape index (κ2) is 5.10. The van der Waals surface area contributed by atoms with Crippen molar-refractivity contribution >= 4 is 0 Å². The number of nitrogens with one attached hydrogen (secondary N) is 1. The van der Waals surface area contributed by atoms with Gasteiger partial charge in [0.1, 0.15) is 5.82 Å². The van der Waals surface area contributed by atoms with Crippen molar-refractivity contribution in [1.29, 1.82) is 0 Å². The van der Waals surface area contributed by atoms with E-state index in [0.717, 1.165) is 30.0 Å². The Hall–Kier alpha value is -1.68. The lowest BCUT2D eigenvalue weighted by Crippen LogP contribution is -2.13. The molecule has 0 amide bonds. The number of likely N-dealkylation sites (N-methyl/N-ethyl adjacent to an activating group) is 1. The minimum atomic E-state index is 0.943. The zero-order valence-corrected chi connectivity index (χ0v) is 10.6. The number of imidazole rings is 1. The highest BCUT2D eigenvalue weighted by Gasteiger charge is 2.11. The van der Waals surface area contributed by atoms with Crippen LogP contribution in [0, 0.1) is 6.92 Å². The number of rotatable bonds is 4. The van der Waals surface area contributed by atoms with Crippen molar-refractivity contribution in [3.8, 4) is 11.3 Å². The summed E-state index contributed by atoms with van der Waals surface area (Å²) in [7, 11) is 4.03. The van der Waals surface area contributed by atoms with E-state index in [-0.39, 0.29) is 0 Å². The Morgan fingerprint density at radius 3 is 2.65 bits per heavy atom. The van der Waals surface area contributed by atoms with Crippen molar-refractivity contribution in [3.05, 3.63) is 36.0 Å². The molecule has 0 fully saturated rings. The van der Waals surface area contributed by atoms with E-state index in [0.29, 0.717) is 0 Å². The molecular formula is C13H18N4. The molecule has 0 aliphatic carbocycles. The fourth-order valence-electron chi connectivity index (χ4n) is 1.88. The normalized spacial score (nSPS) is 10.8. The predicted molar refractivity (Wildman–Crippen MR) is 68.8 cm³/mol. The lowest BCUT2D eigenvalue weighted by molar-refractivity contribution is 0.710. The molecule has 0 atom stereocenters. The smallest absolute Gasteiger partial charge is 0.110 e. The predicted octanol–water partition coefficient (Wildman–Crippen LogP) is 1.55. The van der Waals surface area contributed by atoms with Gasteiger partial charge in [-0.25, -0.2) is 4.98 Å². The van der Waals surface area contributed by atoms with Crippen LogP contribution in [0.1, 0.15) is 11.5 Å². The fourth-order valence-corrected chi connectivity index (χ4v) is 1.88. The highest BCUT2D eigenvalue weighted by molar-refractivity contribution is 5.61. The van der Waals surface area contributed by atoms with Crippen LogP contribution in [0.3, 0.4) is 0 Å². The molecule has 0 saturated carbocycles. The molecule has 90 valence electrons. The average Bonchev–Trinajstić information content (AvgIpc) is 2.65. The molecule has 0 aromatic carbocycles. The van der Waals surface area contributed by atoms with Gasteiger partial charge in [0, 0.05) is 43.7 Å². The van der Waals surface area contributed by atoms with Crippen molar-refractivity contribution < 1.29 is 0 Å². The summed E-state index contributed by atoms with van der Waals surface area (Å²) in [5.41, 5.74) is 3.38. The maximum atomic E-state index is 4.71. The van der Waals surface area contributed by atoms with Crippen LogP contribution in [-0.4, -0.2) is 28.1 Å². The van der Waals surface area contributed by atoms with Crippen molar-refractivity contribution in [2.45, 2.75) is 13.3 Å². The first-order chi connectivity index (χ1) is 8.24. The molecular weight excluding hydrogens is 212 g/mol. The summed E-state index contributed by atoms with van der Waals surface area (Å²) in [6.45, 7) is 3.05. The summed E-state index contributed by atoms with van der Waals surface area (Å²) >= 11 is 0. The second-order valence-electron chi connectivity index (χ2n) is 4.11. The summed E-state index contributed by atoms with van der Waals surface area (Å²) < 4.78 is 2.16. The van der Waals surface area contributed by atoms with Crippen molar-refractivity contribution in [2.75, 3.05) is 13.6 Å². The largest absolute Gasteiger partial charge is 0.335 e. The molecule has 0 radical (unpaired) electrons. The number of hydrogen-bond acceptors (Lipinski definition) is 3. The molecule has 4 heteroatoms. The lowest BCUT2D eigenvalue weighted by atomic mass is 10.2. The molecule has 0 aliphatic heterocycles. The number of aromatic nitrogens is 3. The number of nitrogens with zero attached hydrogens (tertiary/aromatic N) is 3. The number of hydrogen-bond donors (Lipinski definition) is 1. The fraction of sp³-hybridized carbons (Fsp3) is 0.385. The van der Waals surface area contributed by atoms with Crippen LogP contribution in [0.25, 0.3) is 11.3 Å². The maximum absolute atomic E-state index is 4.71. The molecule has 0 spiro atoms. The van der Waals surface area contributed by atoms with Gasteiger partial charge in [0.2, 0.25) is 0 Å². The molecule has 2 aromatic rings. The molecule has 2 heterocycles. The van der Waals surface area contributed by atoms with Crippen LogP contribution in [0.5, 0.6) is 0 Å². The topological polar surface area (TPSA) is 42.7 Å². The van der Waals surface area contributed by atoms with Gasteiger partial charge in [-0.3, -0.25) is 4.98 Å². The van der Waals surface area contributed by atoms with E-state index >= 15 is 0 Å². The standard InChI is InChI=1S/C13H18N4/c1-10-13(11-4-8-15-9-5-11)16-12(17(10)3)6-7-14-2/h4-5,8-9,14H,6-7H2,1-3H3. The van der Waals surface area contributed by atoms with E-state index < -0.39 is 0 Å². The third-order valence-corrected chi connectivity index (χ3v) is 3.03. The molecule has 2 rings (SSSR count). The van der Waals surface area contributed by atoms with Gasteiger partial charge in [0.25, 0.3) is 0 Å². The molecule has 4 nitrogen and oxygen atoms in total. The molecule has 0 aliphatic rings. The third kappa shape index (κ3) is 2.36. The first kappa shape index (κ1) is 11.8. The van der Waals surface area contributed by atoms with Crippen LogP contribution >= 0.6 is 0 Å². The molecule has 1 N–H and O–H groups in total. The first-order valence-electron chi connectivity index (χ1n) is 5.81. The van der Waals surface area contributed by atoms with Crippen molar-refractivity contribution in [2.24, 2.45) is 7.05 Å². The van der Waals surface area contributed by atoms with E-state index in [1.54, 1.807) is 12.4 Å². The van der Waals surface area contributed by atoms with Crippen LogP contribution in [0.15, 0.2) is 24.5 Å². The molecule has 0 bridgehead atoms. The Balaban J connectivity index is 2.36. The molecule has 0 saturated heterocycles. The Morgan fingerprint density at radius 1 is 1.29 bits per heavy atom. The van der Waals surface area contributed by atoms with Gasteiger partial charge in [-0.15, -0.1) is 0 Å². The van der Waals surface area contributed by atoms with E-state index in [1.807, 2.05) is 19.2 Å². The van der Waals surface area contributed by atoms with Gasteiger partial charge in [-0.1, -0.05) is 0 Å². The Kier molecular flexibility index (Phi) is 3.54. The minimum Gasteiger partial charge on any atom is -0.335 e. The van der Waals surface area contributed by atoms with Gasteiger partial charge in [0.15, 0.2) is 0 Å². The van der Waals surface area contributed by atoms with Crippen molar-refractivity contribution in [1.82, 2.24) is 19.9 Å². The highest BCUT2D eigenvalue weighted by Crippen LogP contribution is 2.22. The van der Waals surface area contributed by atoms with E-state index in [1.165, 1.54) is 5.69 Å². The summed E-state index contributed by atoms with van der Waals surface area (Å²) in [5, 5.41) is 3.15. The Morgan fingerprint density at radius 2 is 2.00 bits per heavy atom.